The third-order valence-corrected chi connectivity index (χ3v) is 4.21. The largest absolute Gasteiger partial charge is 0.313 e. The minimum Gasteiger partial charge on any atom is -0.313 e. The van der Waals surface area contributed by atoms with Gasteiger partial charge in [0.1, 0.15) is 0 Å². The molecule has 16 heavy (non-hydrogen) atoms. The van der Waals surface area contributed by atoms with E-state index in [2.05, 4.69) is 36.5 Å². The van der Waals surface area contributed by atoms with E-state index in [4.69, 9.17) is 0 Å². The monoisotopic (exact) mass is 215 g/mol. The van der Waals surface area contributed by atoms with E-state index in [1.165, 1.54) is 32.2 Å². The molecule has 0 aromatic heterocycles. The Morgan fingerprint density at radius 1 is 1.19 bits per heavy atom. The third kappa shape index (κ3) is 2.15. The highest BCUT2D eigenvalue weighted by Gasteiger charge is 2.28. The smallest absolute Gasteiger partial charge is 0.0148 e. The third-order valence-electron chi connectivity index (χ3n) is 4.21. The minimum absolute atomic E-state index is 0.693. The predicted octanol–water partition coefficient (Wildman–Crippen LogP) is 2.79. The number of hydrogen-bond acceptors (Lipinski definition) is 1. The van der Waals surface area contributed by atoms with Crippen LogP contribution in [0.2, 0.25) is 0 Å². The number of rotatable bonds is 4. The van der Waals surface area contributed by atoms with Crippen molar-refractivity contribution in [3.63, 3.8) is 0 Å². The van der Waals surface area contributed by atoms with Gasteiger partial charge >= 0.3 is 0 Å². The molecule has 1 N–H and O–H groups in total. The van der Waals surface area contributed by atoms with E-state index in [9.17, 15) is 0 Å². The van der Waals surface area contributed by atoms with Crippen LogP contribution in [0.1, 0.15) is 30.9 Å². The van der Waals surface area contributed by atoms with Gasteiger partial charge in [0.05, 0.1) is 0 Å². The van der Waals surface area contributed by atoms with Gasteiger partial charge in [0.15, 0.2) is 0 Å². The Kier molecular flexibility index (Phi) is 2.72. The second kappa shape index (κ2) is 4.21. The molecule has 0 spiro atoms. The van der Waals surface area contributed by atoms with Crippen LogP contribution in [0.3, 0.4) is 0 Å². The molecule has 1 nitrogen and oxygen atoms in total. The van der Waals surface area contributed by atoms with Crippen molar-refractivity contribution in [2.75, 3.05) is 6.54 Å². The molecule has 1 aromatic carbocycles. The number of hydrogen-bond donors (Lipinski definition) is 1. The molecule has 1 aromatic rings. The van der Waals surface area contributed by atoms with Crippen molar-refractivity contribution in [1.29, 1.82) is 0 Å². The van der Waals surface area contributed by atoms with E-state index in [-0.39, 0.29) is 0 Å². The molecule has 0 aliphatic heterocycles. The van der Waals surface area contributed by atoms with E-state index in [0.717, 1.165) is 11.8 Å². The molecule has 0 heterocycles. The van der Waals surface area contributed by atoms with Crippen LogP contribution in [0.4, 0.5) is 0 Å². The van der Waals surface area contributed by atoms with Crippen LogP contribution in [-0.2, 0) is 12.8 Å². The lowest BCUT2D eigenvalue weighted by molar-refractivity contribution is 0.420. The van der Waals surface area contributed by atoms with Gasteiger partial charge in [-0.25, -0.2) is 0 Å². The number of benzene rings is 1. The highest BCUT2D eigenvalue weighted by atomic mass is 14.9. The Morgan fingerprint density at radius 3 is 2.38 bits per heavy atom. The summed E-state index contributed by atoms with van der Waals surface area (Å²) in [7, 11) is 0. The topological polar surface area (TPSA) is 12.0 Å². The molecule has 1 unspecified atom stereocenters. The summed E-state index contributed by atoms with van der Waals surface area (Å²) >= 11 is 0. The van der Waals surface area contributed by atoms with Gasteiger partial charge in [-0.2, -0.15) is 0 Å². The summed E-state index contributed by atoms with van der Waals surface area (Å²) in [5.41, 5.74) is 3.11. The van der Waals surface area contributed by atoms with Crippen LogP contribution in [0, 0.1) is 11.8 Å². The average Bonchev–Trinajstić information content (AvgIpc) is 3.06. The first kappa shape index (κ1) is 10.3. The Balaban J connectivity index is 1.52. The van der Waals surface area contributed by atoms with Gasteiger partial charge in [-0.05, 0) is 55.2 Å². The van der Waals surface area contributed by atoms with Crippen LogP contribution in [0.5, 0.6) is 0 Å². The van der Waals surface area contributed by atoms with Crippen molar-refractivity contribution in [1.82, 2.24) is 5.32 Å². The van der Waals surface area contributed by atoms with Crippen LogP contribution < -0.4 is 5.32 Å². The summed E-state index contributed by atoms with van der Waals surface area (Å²) in [6, 6.07) is 9.57. The zero-order chi connectivity index (χ0) is 11.0. The molecule has 1 atom stereocenters. The molecular formula is C15H21N. The summed E-state index contributed by atoms with van der Waals surface area (Å²) in [6.07, 6.45) is 5.39. The fourth-order valence-electron chi connectivity index (χ4n) is 2.89. The summed E-state index contributed by atoms with van der Waals surface area (Å²) in [6.45, 7) is 3.61. The Labute approximate surface area is 98.3 Å². The molecular weight excluding hydrogens is 194 g/mol. The van der Waals surface area contributed by atoms with E-state index >= 15 is 0 Å². The van der Waals surface area contributed by atoms with Crippen molar-refractivity contribution >= 4 is 0 Å². The van der Waals surface area contributed by atoms with Gasteiger partial charge in [-0.3, -0.25) is 0 Å². The van der Waals surface area contributed by atoms with Crippen LogP contribution in [0.15, 0.2) is 24.3 Å². The molecule has 1 saturated carbocycles. The first-order valence-corrected chi connectivity index (χ1v) is 6.63. The second-order valence-corrected chi connectivity index (χ2v) is 5.60. The summed E-state index contributed by atoms with van der Waals surface area (Å²) in [5.74, 6) is 1.90. The first-order chi connectivity index (χ1) is 7.83. The number of fused-ring (bicyclic) bond motifs is 1. The normalized spacial score (nSPS) is 22.1. The van der Waals surface area contributed by atoms with Crippen molar-refractivity contribution < 1.29 is 0 Å². The van der Waals surface area contributed by atoms with Crippen LogP contribution in [0.25, 0.3) is 0 Å². The molecule has 0 bridgehead atoms. The lowest BCUT2D eigenvalue weighted by Gasteiger charge is -2.16. The van der Waals surface area contributed by atoms with E-state index in [0.29, 0.717) is 6.04 Å². The first-order valence-electron chi connectivity index (χ1n) is 6.63. The maximum Gasteiger partial charge on any atom is 0.0148 e. The van der Waals surface area contributed by atoms with E-state index in [1.54, 1.807) is 11.1 Å². The fraction of sp³-hybridized carbons (Fsp3) is 0.600. The van der Waals surface area contributed by atoms with Crippen molar-refractivity contribution in [3.05, 3.63) is 35.4 Å². The molecule has 1 fully saturated rings. The Morgan fingerprint density at radius 2 is 1.81 bits per heavy atom. The van der Waals surface area contributed by atoms with Gasteiger partial charge < -0.3 is 5.32 Å². The highest BCUT2D eigenvalue weighted by molar-refractivity contribution is 5.33. The molecule has 0 saturated heterocycles. The second-order valence-electron chi connectivity index (χ2n) is 5.60. The maximum atomic E-state index is 3.75. The Bertz CT molecular complexity index is 342. The van der Waals surface area contributed by atoms with E-state index in [1.807, 2.05) is 0 Å². The van der Waals surface area contributed by atoms with Gasteiger partial charge in [-0.15, -0.1) is 0 Å². The highest BCUT2D eigenvalue weighted by Crippen LogP contribution is 2.36. The fourth-order valence-corrected chi connectivity index (χ4v) is 2.89. The van der Waals surface area contributed by atoms with Crippen LogP contribution in [-0.4, -0.2) is 12.6 Å². The summed E-state index contributed by atoms with van der Waals surface area (Å²) in [5, 5.41) is 3.75. The molecule has 0 amide bonds. The standard InChI is InChI=1S/C15H21N/c1-11(12-6-7-12)10-16-15-8-13-4-2-3-5-14(13)9-15/h2-5,11-12,15-16H,6-10H2,1H3. The van der Waals surface area contributed by atoms with E-state index < -0.39 is 0 Å². The molecule has 1 heteroatoms. The minimum atomic E-state index is 0.693. The van der Waals surface area contributed by atoms with Crippen molar-refractivity contribution in [3.8, 4) is 0 Å². The van der Waals surface area contributed by atoms with Gasteiger partial charge in [0.2, 0.25) is 0 Å². The summed E-state index contributed by atoms with van der Waals surface area (Å²) in [4.78, 5) is 0. The summed E-state index contributed by atoms with van der Waals surface area (Å²) < 4.78 is 0. The maximum absolute atomic E-state index is 3.75. The zero-order valence-corrected chi connectivity index (χ0v) is 10.1. The van der Waals surface area contributed by atoms with Crippen molar-refractivity contribution in [2.45, 2.75) is 38.6 Å². The Hall–Kier alpha value is -0.820. The molecule has 0 radical (unpaired) electrons. The average molecular weight is 215 g/mol. The van der Waals surface area contributed by atoms with Gasteiger partial charge in [0, 0.05) is 6.04 Å². The lowest BCUT2D eigenvalue weighted by atomic mass is 10.1. The molecule has 86 valence electrons. The van der Waals surface area contributed by atoms with Crippen LogP contribution >= 0.6 is 0 Å². The van der Waals surface area contributed by atoms with Gasteiger partial charge in [0.25, 0.3) is 0 Å². The SMILES string of the molecule is CC(CNC1Cc2ccccc2C1)C1CC1. The lowest BCUT2D eigenvalue weighted by Crippen LogP contribution is -2.33. The number of nitrogens with one attached hydrogen (secondary N) is 1. The quantitative estimate of drug-likeness (QED) is 0.814. The molecule has 2 aliphatic carbocycles. The molecule has 3 rings (SSSR count). The zero-order valence-electron chi connectivity index (χ0n) is 10.1. The van der Waals surface area contributed by atoms with Crippen molar-refractivity contribution in [2.24, 2.45) is 11.8 Å². The molecule has 2 aliphatic rings. The predicted molar refractivity (Wildman–Crippen MR) is 67.5 cm³/mol. The van der Waals surface area contributed by atoms with Gasteiger partial charge in [-0.1, -0.05) is 31.2 Å².